The van der Waals surface area contributed by atoms with Gasteiger partial charge in [0.25, 0.3) is 0 Å². The predicted octanol–water partition coefficient (Wildman–Crippen LogP) is 3.68. The summed E-state index contributed by atoms with van der Waals surface area (Å²) >= 11 is 4.47. The predicted molar refractivity (Wildman–Crippen MR) is 114 cm³/mol. The van der Waals surface area contributed by atoms with Gasteiger partial charge in [-0.15, -0.1) is 11.8 Å². The first-order valence-electron chi connectivity index (χ1n) is 8.62. The average Bonchev–Trinajstić information content (AvgIpc) is 2.68. The molecule has 0 saturated heterocycles. The maximum Gasteiger partial charge on any atom is 0.307 e. The number of anilines is 1. The van der Waals surface area contributed by atoms with E-state index in [0.29, 0.717) is 11.3 Å². The molecule has 0 aliphatic carbocycles. The Morgan fingerprint density at radius 1 is 1.10 bits per heavy atom. The zero-order valence-corrected chi connectivity index (χ0v) is 18.0. The molecule has 2 N–H and O–H groups in total. The summed E-state index contributed by atoms with van der Waals surface area (Å²) < 4.78 is 18.6. The van der Waals surface area contributed by atoms with Crippen LogP contribution in [0.4, 0.5) is 10.1 Å². The number of ether oxygens (including phenoxy) is 1. The van der Waals surface area contributed by atoms with E-state index in [9.17, 15) is 18.8 Å². The number of amides is 2. The van der Waals surface area contributed by atoms with Gasteiger partial charge in [0.15, 0.2) is 0 Å². The van der Waals surface area contributed by atoms with Gasteiger partial charge in [-0.25, -0.2) is 4.39 Å². The molecule has 6 nitrogen and oxygen atoms in total. The Hall–Kier alpha value is -2.39. The largest absolute Gasteiger partial charge is 0.469 e. The van der Waals surface area contributed by atoms with Crippen LogP contribution < -0.4 is 10.6 Å². The number of hydrogen-bond acceptors (Lipinski definition) is 5. The molecule has 0 saturated carbocycles. The van der Waals surface area contributed by atoms with Gasteiger partial charge in [0.05, 0.1) is 31.1 Å². The standard InChI is InChI=1S/C20H20BrFN2O4S/c1-28-20(27)10-17(13-5-7-15(22)8-6-13)24-19(26)12-29-11-18(25)23-16-4-2-3-14(21)9-16/h2-9,17H,10-12H2,1H3,(H,23,25)(H,24,26). The van der Waals surface area contributed by atoms with E-state index < -0.39 is 17.8 Å². The summed E-state index contributed by atoms with van der Waals surface area (Å²) in [6.45, 7) is 0. The Bertz CT molecular complexity index is 864. The third kappa shape index (κ3) is 8.25. The minimum atomic E-state index is -0.647. The van der Waals surface area contributed by atoms with Crippen LogP contribution in [0.15, 0.2) is 53.0 Å². The quantitative estimate of drug-likeness (QED) is 0.532. The van der Waals surface area contributed by atoms with Gasteiger partial charge >= 0.3 is 5.97 Å². The summed E-state index contributed by atoms with van der Waals surface area (Å²) in [6, 6.07) is 12.1. The van der Waals surface area contributed by atoms with Crippen molar-refractivity contribution in [2.45, 2.75) is 12.5 Å². The lowest BCUT2D eigenvalue weighted by molar-refractivity contribution is -0.141. The van der Waals surface area contributed by atoms with Gasteiger partial charge < -0.3 is 15.4 Å². The van der Waals surface area contributed by atoms with Crippen LogP contribution in [0.2, 0.25) is 0 Å². The highest BCUT2D eigenvalue weighted by Gasteiger charge is 2.19. The summed E-state index contributed by atoms with van der Waals surface area (Å²) in [5.41, 5.74) is 1.24. The number of halogens is 2. The van der Waals surface area contributed by atoms with Crippen molar-refractivity contribution in [3.63, 3.8) is 0 Å². The third-order valence-corrected chi connectivity index (χ3v) is 5.21. The average molecular weight is 483 g/mol. The first-order chi connectivity index (χ1) is 13.9. The zero-order chi connectivity index (χ0) is 21.2. The molecular weight excluding hydrogens is 463 g/mol. The van der Waals surface area contributed by atoms with Crippen molar-refractivity contribution in [3.8, 4) is 0 Å². The van der Waals surface area contributed by atoms with Gasteiger partial charge in [-0.3, -0.25) is 14.4 Å². The van der Waals surface area contributed by atoms with Crippen molar-refractivity contribution >= 4 is 51.2 Å². The second-order valence-corrected chi connectivity index (χ2v) is 7.90. The van der Waals surface area contributed by atoms with Crippen molar-refractivity contribution in [1.82, 2.24) is 5.32 Å². The van der Waals surface area contributed by atoms with E-state index in [0.717, 1.165) is 16.2 Å². The molecule has 0 bridgehead atoms. The maximum atomic E-state index is 13.1. The Morgan fingerprint density at radius 2 is 1.79 bits per heavy atom. The number of thioether (sulfide) groups is 1. The molecule has 1 atom stereocenters. The number of methoxy groups -OCH3 is 1. The van der Waals surface area contributed by atoms with E-state index in [1.807, 2.05) is 6.07 Å². The highest BCUT2D eigenvalue weighted by atomic mass is 79.9. The molecule has 0 spiro atoms. The van der Waals surface area contributed by atoms with Crippen LogP contribution in [0.25, 0.3) is 0 Å². The number of benzene rings is 2. The molecule has 154 valence electrons. The molecule has 2 aromatic rings. The van der Waals surface area contributed by atoms with Gasteiger partial charge in [-0.1, -0.05) is 34.1 Å². The van der Waals surface area contributed by atoms with Crippen LogP contribution in [0, 0.1) is 5.82 Å². The fourth-order valence-electron chi connectivity index (χ4n) is 2.43. The molecule has 0 heterocycles. The van der Waals surface area contributed by atoms with Crippen molar-refractivity contribution in [3.05, 3.63) is 64.4 Å². The van der Waals surface area contributed by atoms with Gasteiger partial charge in [0.1, 0.15) is 5.82 Å². The Balaban J connectivity index is 1.84. The number of esters is 1. The van der Waals surface area contributed by atoms with Gasteiger partial charge in [-0.05, 0) is 35.9 Å². The van der Waals surface area contributed by atoms with Gasteiger partial charge in [0.2, 0.25) is 11.8 Å². The van der Waals surface area contributed by atoms with Crippen LogP contribution in [0.3, 0.4) is 0 Å². The van der Waals surface area contributed by atoms with E-state index in [1.54, 1.807) is 18.2 Å². The fourth-order valence-corrected chi connectivity index (χ4v) is 3.46. The van der Waals surface area contributed by atoms with Crippen LogP contribution in [0.5, 0.6) is 0 Å². The Morgan fingerprint density at radius 3 is 2.45 bits per heavy atom. The summed E-state index contributed by atoms with van der Waals surface area (Å²) in [7, 11) is 1.26. The summed E-state index contributed by atoms with van der Waals surface area (Å²) in [4.78, 5) is 35.9. The maximum absolute atomic E-state index is 13.1. The molecule has 2 rings (SSSR count). The first kappa shape index (κ1) is 22.9. The lowest BCUT2D eigenvalue weighted by atomic mass is 10.0. The number of rotatable bonds is 9. The summed E-state index contributed by atoms with van der Waals surface area (Å²) in [6.07, 6.45) is -0.0814. The third-order valence-electron chi connectivity index (χ3n) is 3.78. The molecule has 0 aliphatic rings. The molecule has 0 aliphatic heterocycles. The molecule has 0 fully saturated rings. The molecule has 0 aromatic heterocycles. The Kier molecular flexibility index (Phi) is 9.14. The van der Waals surface area contributed by atoms with Crippen molar-refractivity contribution in [2.24, 2.45) is 0 Å². The normalized spacial score (nSPS) is 11.4. The minimum absolute atomic E-state index is 0.0325. The van der Waals surface area contributed by atoms with Crippen molar-refractivity contribution in [2.75, 3.05) is 23.9 Å². The van der Waals surface area contributed by atoms with E-state index in [1.165, 1.54) is 31.4 Å². The van der Waals surface area contributed by atoms with E-state index in [4.69, 9.17) is 0 Å². The molecule has 1 unspecified atom stereocenters. The van der Waals surface area contributed by atoms with Crippen molar-refractivity contribution < 1.29 is 23.5 Å². The SMILES string of the molecule is COC(=O)CC(NC(=O)CSCC(=O)Nc1cccc(Br)c1)c1ccc(F)cc1. The van der Waals surface area contributed by atoms with E-state index >= 15 is 0 Å². The zero-order valence-electron chi connectivity index (χ0n) is 15.6. The number of nitrogens with one attached hydrogen (secondary N) is 2. The second-order valence-electron chi connectivity index (χ2n) is 6.00. The highest BCUT2D eigenvalue weighted by molar-refractivity contribution is 9.10. The number of hydrogen-bond donors (Lipinski definition) is 2. The highest BCUT2D eigenvalue weighted by Crippen LogP contribution is 2.19. The fraction of sp³-hybridized carbons (Fsp3) is 0.250. The van der Waals surface area contributed by atoms with E-state index in [-0.39, 0.29) is 29.7 Å². The minimum Gasteiger partial charge on any atom is -0.469 e. The molecule has 9 heteroatoms. The molecule has 2 amide bonds. The second kappa shape index (κ2) is 11.6. The number of carbonyl (C=O) groups excluding carboxylic acids is 3. The van der Waals surface area contributed by atoms with Crippen LogP contribution >= 0.6 is 27.7 Å². The molecule has 29 heavy (non-hydrogen) atoms. The first-order valence-corrected chi connectivity index (χ1v) is 10.6. The van der Waals surface area contributed by atoms with Crippen LogP contribution in [0.1, 0.15) is 18.0 Å². The monoisotopic (exact) mass is 482 g/mol. The topological polar surface area (TPSA) is 84.5 Å². The number of carbonyl (C=O) groups is 3. The summed E-state index contributed by atoms with van der Waals surface area (Å²) in [5, 5.41) is 5.47. The van der Waals surface area contributed by atoms with Crippen LogP contribution in [-0.2, 0) is 19.1 Å². The molecule has 0 radical (unpaired) electrons. The van der Waals surface area contributed by atoms with Crippen molar-refractivity contribution in [1.29, 1.82) is 0 Å². The van der Waals surface area contributed by atoms with E-state index in [2.05, 4.69) is 31.3 Å². The van der Waals surface area contributed by atoms with Gasteiger partial charge in [-0.2, -0.15) is 0 Å². The van der Waals surface area contributed by atoms with Crippen LogP contribution in [-0.4, -0.2) is 36.4 Å². The molecular formula is C20H20BrFN2O4S. The smallest absolute Gasteiger partial charge is 0.307 e. The lowest BCUT2D eigenvalue weighted by Gasteiger charge is -2.18. The lowest BCUT2D eigenvalue weighted by Crippen LogP contribution is -2.32. The van der Waals surface area contributed by atoms with Gasteiger partial charge in [0, 0.05) is 10.2 Å². The summed E-state index contributed by atoms with van der Waals surface area (Å²) in [5.74, 6) is -1.36. The molecule has 2 aromatic carbocycles. The Labute approximate surface area is 180 Å².